The molecular formula is C13H19Cl2NO. The molecule has 0 spiro atoms. The summed E-state index contributed by atoms with van der Waals surface area (Å²) in [4.78, 5) is 0. The number of hydrogen-bond acceptors (Lipinski definition) is 2. The first-order valence-corrected chi connectivity index (χ1v) is 6.57. The van der Waals surface area contributed by atoms with Crippen LogP contribution < -0.4 is 5.32 Å². The van der Waals surface area contributed by atoms with Gasteiger partial charge in [0.25, 0.3) is 0 Å². The molecule has 1 aromatic carbocycles. The minimum absolute atomic E-state index is 0.584. The van der Waals surface area contributed by atoms with Gasteiger partial charge in [0, 0.05) is 29.7 Å². The topological polar surface area (TPSA) is 21.3 Å². The molecule has 0 aromatic heterocycles. The second kappa shape index (κ2) is 7.93. The quantitative estimate of drug-likeness (QED) is 0.766. The number of hydrogen-bond donors (Lipinski definition) is 1. The minimum atomic E-state index is 0.584. The van der Waals surface area contributed by atoms with Crippen molar-refractivity contribution in [2.24, 2.45) is 5.92 Å². The molecule has 2 nitrogen and oxygen atoms in total. The van der Waals surface area contributed by atoms with Crippen LogP contribution in [0, 0.1) is 5.92 Å². The lowest BCUT2D eigenvalue weighted by Crippen LogP contribution is -2.20. The van der Waals surface area contributed by atoms with Gasteiger partial charge in [0.15, 0.2) is 0 Å². The van der Waals surface area contributed by atoms with Gasteiger partial charge < -0.3 is 10.1 Å². The van der Waals surface area contributed by atoms with Gasteiger partial charge in [0.05, 0.1) is 6.61 Å². The highest BCUT2D eigenvalue weighted by molar-refractivity contribution is 6.35. The molecule has 0 heterocycles. The predicted octanol–water partition coefficient (Wildman–Crippen LogP) is 3.76. The molecule has 0 aliphatic heterocycles. The van der Waals surface area contributed by atoms with Gasteiger partial charge in [0.1, 0.15) is 0 Å². The summed E-state index contributed by atoms with van der Waals surface area (Å²) < 4.78 is 5.47. The molecule has 96 valence electrons. The molecule has 0 amide bonds. The maximum Gasteiger partial charge on any atom is 0.0591 e. The van der Waals surface area contributed by atoms with Crippen LogP contribution in [0.5, 0.6) is 0 Å². The van der Waals surface area contributed by atoms with Crippen molar-refractivity contribution < 1.29 is 4.74 Å². The number of ether oxygens (including phenoxy) is 1. The molecule has 0 radical (unpaired) electrons. The van der Waals surface area contributed by atoms with Crippen LogP contribution in [0.1, 0.15) is 19.4 Å². The fourth-order valence-electron chi connectivity index (χ4n) is 1.35. The normalized spacial score (nSPS) is 11.1. The van der Waals surface area contributed by atoms with Crippen molar-refractivity contribution in [3.63, 3.8) is 0 Å². The standard InChI is InChI=1S/C13H19Cl2NO/c1-10(2)9-17-6-5-16-8-11-3-4-12(14)7-13(11)15/h3-4,7,10,16H,5-6,8-9H2,1-2H3. The Balaban J connectivity index is 2.18. The lowest BCUT2D eigenvalue weighted by molar-refractivity contribution is 0.111. The molecular weight excluding hydrogens is 257 g/mol. The first kappa shape index (κ1) is 14.8. The summed E-state index contributed by atoms with van der Waals surface area (Å²) in [5.41, 5.74) is 1.06. The average molecular weight is 276 g/mol. The van der Waals surface area contributed by atoms with E-state index >= 15 is 0 Å². The van der Waals surface area contributed by atoms with Gasteiger partial charge in [-0.1, -0.05) is 43.1 Å². The van der Waals surface area contributed by atoms with Gasteiger partial charge in [-0.25, -0.2) is 0 Å². The van der Waals surface area contributed by atoms with E-state index in [-0.39, 0.29) is 0 Å². The molecule has 0 aliphatic rings. The summed E-state index contributed by atoms with van der Waals surface area (Å²) in [6.45, 7) is 7.38. The minimum Gasteiger partial charge on any atom is -0.380 e. The highest BCUT2D eigenvalue weighted by Gasteiger charge is 2.00. The summed E-state index contributed by atoms with van der Waals surface area (Å²) in [5, 5.41) is 4.65. The number of benzene rings is 1. The van der Waals surface area contributed by atoms with Gasteiger partial charge in [-0.15, -0.1) is 0 Å². The van der Waals surface area contributed by atoms with Crippen molar-refractivity contribution in [1.82, 2.24) is 5.32 Å². The van der Waals surface area contributed by atoms with E-state index in [4.69, 9.17) is 27.9 Å². The van der Waals surface area contributed by atoms with Crippen LogP contribution in [0.3, 0.4) is 0 Å². The fraction of sp³-hybridized carbons (Fsp3) is 0.538. The van der Waals surface area contributed by atoms with E-state index in [0.29, 0.717) is 16.0 Å². The lowest BCUT2D eigenvalue weighted by Gasteiger charge is -2.09. The van der Waals surface area contributed by atoms with Crippen LogP contribution in [0.4, 0.5) is 0 Å². The maximum atomic E-state index is 6.06. The first-order chi connectivity index (χ1) is 8.09. The van der Waals surface area contributed by atoms with E-state index in [1.54, 1.807) is 6.07 Å². The Bertz CT molecular complexity index is 342. The molecule has 0 unspecified atom stereocenters. The molecule has 1 aromatic rings. The third-order valence-corrected chi connectivity index (χ3v) is 2.79. The second-order valence-corrected chi connectivity index (χ2v) is 5.22. The molecule has 0 bridgehead atoms. The first-order valence-electron chi connectivity index (χ1n) is 5.82. The van der Waals surface area contributed by atoms with Gasteiger partial charge in [-0.3, -0.25) is 0 Å². The van der Waals surface area contributed by atoms with E-state index in [2.05, 4.69) is 19.2 Å². The third-order valence-electron chi connectivity index (χ3n) is 2.20. The molecule has 0 saturated carbocycles. The monoisotopic (exact) mass is 275 g/mol. The lowest BCUT2D eigenvalue weighted by atomic mass is 10.2. The molecule has 17 heavy (non-hydrogen) atoms. The van der Waals surface area contributed by atoms with Crippen LogP contribution in [0.25, 0.3) is 0 Å². The van der Waals surface area contributed by atoms with Crippen LogP contribution in [0.2, 0.25) is 10.0 Å². The summed E-state index contributed by atoms with van der Waals surface area (Å²) in [6.07, 6.45) is 0. The summed E-state index contributed by atoms with van der Waals surface area (Å²) in [7, 11) is 0. The predicted molar refractivity (Wildman–Crippen MR) is 73.8 cm³/mol. The smallest absolute Gasteiger partial charge is 0.0591 e. The van der Waals surface area contributed by atoms with Crippen LogP contribution >= 0.6 is 23.2 Å². The van der Waals surface area contributed by atoms with Crippen molar-refractivity contribution >= 4 is 23.2 Å². The molecule has 0 saturated heterocycles. The zero-order chi connectivity index (χ0) is 12.7. The van der Waals surface area contributed by atoms with Gasteiger partial charge in [0.2, 0.25) is 0 Å². The maximum absolute atomic E-state index is 6.06. The molecule has 0 fully saturated rings. The molecule has 4 heteroatoms. The van der Waals surface area contributed by atoms with Gasteiger partial charge in [-0.05, 0) is 23.6 Å². The van der Waals surface area contributed by atoms with Crippen LogP contribution in [-0.4, -0.2) is 19.8 Å². The van der Waals surface area contributed by atoms with Crippen molar-refractivity contribution in [3.8, 4) is 0 Å². The van der Waals surface area contributed by atoms with Gasteiger partial charge in [-0.2, -0.15) is 0 Å². The number of rotatable bonds is 7. The largest absolute Gasteiger partial charge is 0.380 e. The van der Waals surface area contributed by atoms with Crippen molar-refractivity contribution in [3.05, 3.63) is 33.8 Å². The molecule has 0 atom stereocenters. The van der Waals surface area contributed by atoms with E-state index in [1.807, 2.05) is 12.1 Å². The summed E-state index contributed by atoms with van der Waals surface area (Å²) >= 11 is 11.9. The summed E-state index contributed by atoms with van der Waals surface area (Å²) in [6, 6.07) is 5.54. The zero-order valence-corrected chi connectivity index (χ0v) is 11.8. The van der Waals surface area contributed by atoms with E-state index in [0.717, 1.165) is 31.9 Å². The van der Waals surface area contributed by atoms with E-state index in [1.165, 1.54) is 0 Å². The highest BCUT2D eigenvalue weighted by atomic mass is 35.5. The van der Waals surface area contributed by atoms with Crippen molar-refractivity contribution in [2.75, 3.05) is 19.8 Å². The van der Waals surface area contributed by atoms with Crippen molar-refractivity contribution in [1.29, 1.82) is 0 Å². The fourth-order valence-corrected chi connectivity index (χ4v) is 1.83. The summed E-state index contributed by atoms with van der Waals surface area (Å²) in [5.74, 6) is 0.584. The Labute approximate surface area is 113 Å². The average Bonchev–Trinajstić information content (AvgIpc) is 2.25. The second-order valence-electron chi connectivity index (χ2n) is 4.38. The Morgan fingerprint density at radius 2 is 2.06 bits per heavy atom. The Morgan fingerprint density at radius 1 is 1.29 bits per heavy atom. The molecule has 1 N–H and O–H groups in total. The Kier molecular flexibility index (Phi) is 6.90. The zero-order valence-electron chi connectivity index (χ0n) is 10.3. The Morgan fingerprint density at radius 3 is 2.71 bits per heavy atom. The van der Waals surface area contributed by atoms with Crippen molar-refractivity contribution in [2.45, 2.75) is 20.4 Å². The number of halogens is 2. The molecule has 0 aliphatic carbocycles. The SMILES string of the molecule is CC(C)COCCNCc1ccc(Cl)cc1Cl. The Hall–Kier alpha value is -0.280. The number of nitrogens with one attached hydrogen (secondary N) is 1. The van der Waals surface area contributed by atoms with Gasteiger partial charge >= 0.3 is 0 Å². The third kappa shape index (κ3) is 6.27. The van der Waals surface area contributed by atoms with Crippen LogP contribution in [-0.2, 0) is 11.3 Å². The van der Waals surface area contributed by atoms with E-state index in [9.17, 15) is 0 Å². The van der Waals surface area contributed by atoms with Crippen LogP contribution in [0.15, 0.2) is 18.2 Å². The van der Waals surface area contributed by atoms with E-state index < -0.39 is 0 Å². The highest BCUT2D eigenvalue weighted by Crippen LogP contribution is 2.20. The molecule has 1 rings (SSSR count).